The van der Waals surface area contributed by atoms with E-state index in [0.717, 1.165) is 16.7 Å². The molecule has 3 amide bonds. The molecule has 1 aliphatic rings. The van der Waals surface area contributed by atoms with Gasteiger partial charge in [0.1, 0.15) is 18.1 Å². The molecule has 29 heavy (non-hydrogen) atoms. The number of rotatable bonds is 6. The maximum Gasteiger partial charge on any atom is 0.329 e. The standard InChI is InChI=1S/C24H20N2O3/c27-23-21(25-24(28)26(23)16-18-9-3-1-4-10-18)15-20-13-7-8-14-22(20)29-17-19-11-5-2-6-12-19/h1-15H,16-17H2,(H,25,28)/b21-15-. The second kappa shape index (κ2) is 8.44. The lowest BCUT2D eigenvalue weighted by atomic mass is 10.1. The largest absolute Gasteiger partial charge is 0.488 e. The third-order valence-corrected chi connectivity index (χ3v) is 4.60. The van der Waals surface area contributed by atoms with Crippen LogP contribution in [0.5, 0.6) is 5.75 Å². The first-order valence-corrected chi connectivity index (χ1v) is 9.35. The smallest absolute Gasteiger partial charge is 0.329 e. The molecule has 3 aromatic carbocycles. The zero-order valence-corrected chi connectivity index (χ0v) is 15.7. The molecule has 1 saturated heterocycles. The third-order valence-electron chi connectivity index (χ3n) is 4.60. The fourth-order valence-electron chi connectivity index (χ4n) is 3.10. The highest BCUT2D eigenvalue weighted by molar-refractivity contribution is 6.14. The highest BCUT2D eigenvalue weighted by atomic mass is 16.5. The van der Waals surface area contributed by atoms with Crippen LogP contribution in [0.1, 0.15) is 16.7 Å². The Bertz CT molecular complexity index is 1050. The van der Waals surface area contributed by atoms with Crippen LogP contribution in [0, 0.1) is 0 Å². The number of hydrogen-bond donors (Lipinski definition) is 1. The molecule has 144 valence electrons. The van der Waals surface area contributed by atoms with Gasteiger partial charge in [-0.2, -0.15) is 0 Å². The summed E-state index contributed by atoms with van der Waals surface area (Å²) in [6.07, 6.45) is 1.66. The van der Waals surface area contributed by atoms with Gasteiger partial charge >= 0.3 is 6.03 Å². The summed E-state index contributed by atoms with van der Waals surface area (Å²) in [5, 5.41) is 2.67. The normalized spacial score (nSPS) is 14.9. The number of amides is 3. The van der Waals surface area contributed by atoms with Crippen LogP contribution in [0.3, 0.4) is 0 Å². The third kappa shape index (κ3) is 4.35. The van der Waals surface area contributed by atoms with Crippen LogP contribution in [0.15, 0.2) is 90.6 Å². The summed E-state index contributed by atoms with van der Waals surface area (Å²) in [5.74, 6) is 0.295. The molecule has 1 fully saturated rings. The Morgan fingerprint density at radius 3 is 2.14 bits per heavy atom. The van der Waals surface area contributed by atoms with Crippen molar-refractivity contribution in [3.8, 4) is 5.75 Å². The topological polar surface area (TPSA) is 58.6 Å². The van der Waals surface area contributed by atoms with Crippen LogP contribution in [-0.2, 0) is 17.9 Å². The molecule has 1 N–H and O–H groups in total. The highest BCUT2D eigenvalue weighted by Crippen LogP contribution is 2.24. The van der Waals surface area contributed by atoms with Crippen molar-refractivity contribution in [3.63, 3.8) is 0 Å². The van der Waals surface area contributed by atoms with Gasteiger partial charge in [-0.3, -0.25) is 9.69 Å². The van der Waals surface area contributed by atoms with Crippen molar-refractivity contribution in [2.24, 2.45) is 0 Å². The Balaban J connectivity index is 1.52. The average molecular weight is 384 g/mol. The van der Waals surface area contributed by atoms with Crippen molar-refractivity contribution in [1.82, 2.24) is 10.2 Å². The molecule has 0 atom stereocenters. The predicted octanol–water partition coefficient (Wildman–Crippen LogP) is 4.36. The fraction of sp³-hybridized carbons (Fsp3) is 0.0833. The van der Waals surface area contributed by atoms with Crippen molar-refractivity contribution >= 4 is 18.0 Å². The number of urea groups is 1. The zero-order valence-electron chi connectivity index (χ0n) is 15.7. The number of carbonyl (C=O) groups excluding carboxylic acids is 2. The Kier molecular flexibility index (Phi) is 5.38. The fourth-order valence-corrected chi connectivity index (χ4v) is 3.10. The number of benzene rings is 3. The van der Waals surface area contributed by atoms with Crippen LogP contribution in [-0.4, -0.2) is 16.8 Å². The molecule has 0 unspecified atom stereocenters. The number of para-hydroxylation sites is 1. The van der Waals surface area contributed by atoms with Crippen molar-refractivity contribution in [2.75, 3.05) is 0 Å². The van der Waals surface area contributed by atoms with Gasteiger partial charge in [-0.1, -0.05) is 78.9 Å². The minimum Gasteiger partial charge on any atom is -0.488 e. The number of ether oxygens (including phenoxy) is 1. The summed E-state index contributed by atoms with van der Waals surface area (Å²) < 4.78 is 5.94. The van der Waals surface area contributed by atoms with E-state index in [1.165, 1.54) is 4.90 Å². The number of nitrogens with one attached hydrogen (secondary N) is 1. The minimum atomic E-state index is -0.423. The molecule has 0 spiro atoms. The average Bonchev–Trinajstić information content (AvgIpc) is 3.02. The molecule has 0 radical (unpaired) electrons. The summed E-state index contributed by atoms with van der Waals surface area (Å²) in [7, 11) is 0. The van der Waals surface area contributed by atoms with Gasteiger partial charge < -0.3 is 10.1 Å². The van der Waals surface area contributed by atoms with Gasteiger partial charge in [0.05, 0.1) is 6.54 Å². The van der Waals surface area contributed by atoms with E-state index >= 15 is 0 Å². The SMILES string of the molecule is O=C1N/C(=C\c2ccccc2OCc2ccccc2)C(=O)N1Cc1ccccc1. The number of imide groups is 1. The molecule has 1 heterocycles. The van der Waals surface area contributed by atoms with Crippen LogP contribution in [0.4, 0.5) is 4.79 Å². The molecule has 0 bridgehead atoms. The predicted molar refractivity (Wildman–Crippen MR) is 111 cm³/mol. The molecule has 0 aromatic heterocycles. The molecule has 5 nitrogen and oxygen atoms in total. The summed E-state index contributed by atoms with van der Waals surface area (Å²) >= 11 is 0. The van der Waals surface area contributed by atoms with E-state index < -0.39 is 6.03 Å². The van der Waals surface area contributed by atoms with Crippen molar-refractivity contribution in [1.29, 1.82) is 0 Å². The Labute approximate surface area is 169 Å². The van der Waals surface area contributed by atoms with E-state index in [2.05, 4.69) is 5.32 Å². The van der Waals surface area contributed by atoms with E-state index in [1.807, 2.05) is 84.9 Å². The van der Waals surface area contributed by atoms with Gasteiger partial charge in [0.15, 0.2) is 0 Å². The van der Waals surface area contributed by atoms with Crippen LogP contribution in [0.2, 0.25) is 0 Å². The summed E-state index contributed by atoms with van der Waals surface area (Å²) in [4.78, 5) is 26.3. The molecule has 5 heteroatoms. The van der Waals surface area contributed by atoms with E-state index in [0.29, 0.717) is 12.4 Å². The molecule has 4 rings (SSSR count). The van der Waals surface area contributed by atoms with Gasteiger partial charge in [0.2, 0.25) is 0 Å². The van der Waals surface area contributed by atoms with Crippen molar-refractivity contribution < 1.29 is 14.3 Å². The molecule has 3 aromatic rings. The highest BCUT2D eigenvalue weighted by Gasteiger charge is 2.33. The zero-order chi connectivity index (χ0) is 20.1. The molecular formula is C24H20N2O3. The first-order valence-electron chi connectivity index (χ1n) is 9.35. The summed E-state index contributed by atoms with van der Waals surface area (Å²) in [6, 6.07) is 26.3. The molecular weight excluding hydrogens is 364 g/mol. The number of nitrogens with zero attached hydrogens (tertiary/aromatic N) is 1. The van der Waals surface area contributed by atoms with Gasteiger partial charge in [0.25, 0.3) is 5.91 Å². The lowest BCUT2D eigenvalue weighted by Crippen LogP contribution is -2.30. The molecule has 0 aliphatic carbocycles. The number of carbonyl (C=O) groups is 2. The van der Waals surface area contributed by atoms with E-state index in [1.54, 1.807) is 6.08 Å². The Morgan fingerprint density at radius 2 is 1.41 bits per heavy atom. The van der Waals surface area contributed by atoms with Crippen LogP contribution >= 0.6 is 0 Å². The van der Waals surface area contributed by atoms with Gasteiger partial charge in [-0.05, 0) is 23.3 Å². The quantitative estimate of drug-likeness (QED) is 0.507. The lowest BCUT2D eigenvalue weighted by Gasteiger charge is -2.11. The maximum atomic E-state index is 12.7. The summed E-state index contributed by atoms with van der Waals surface area (Å²) in [6.45, 7) is 0.649. The van der Waals surface area contributed by atoms with Crippen molar-refractivity contribution in [2.45, 2.75) is 13.2 Å². The van der Waals surface area contributed by atoms with Crippen LogP contribution in [0.25, 0.3) is 6.08 Å². The van der Waals surface area contributed by atoms with Gasteiger partial charge in [-0.15, -0.1) is 0 Å². The second-order valence-corrected chi connectivity index (χ2v) is 6.68. The first-order chi connectivity index (χ1) is 14.2. The van der Waals surface area contributed by atoms with E-state index in [4.69, 9.17) is 4.74 Å². The Hall–Kier alpha value is -3.86. The van der Waals surface area contributed by atoms with Gasteiger partial charge in [0, 0.05) is 5.56 Å². The number of hydrogen-bond acceptors (Lipinski definition) is 3. The maximum absolute atomic E-state index is 12.7. The lowest BCUT2D eigenvalue weighted by molar-refractivity contribution is -0.123. The second-order valence-electron chi connectivity index (χ2n) is 6.68. The molecule has 1 aliphatic heterocycles. The van der Waals surface area contributed by atoms with E-state index in [-0.39, 0.29) is 18.1 Å². The minimum absolute atomic E-state index is 0.231. The monoisotopic (exact) mass is 384 g/mol. The van der Waals surface area contributed by atoms with E-state index in [9.17, 15) is 9.59 Å². The Morgan fingerprint density at radius 1 is 0.793 bits per heavy atom. The molecule has 0 saturated carbocycles. The van der Waals surface area contributed by atoms with Crippen molar-refractivity contribution in [3.05, 3.63) is 107 Å². The summed E-state index contributed by atoms with van der Waals surface area (Å²) in [5.41, 5.74) is 2.91. The first kappa shape index (κ1) is 18.5. The van der Waals surface area contributed by atoms with Gasteiger partial charge in [-0.25, -0.2) is 4.79 Å². The van der Waals surface area contributed by atoms with Crippen LogP contribution < -0.4 is 10.1 Å².